The number of nitrogen functional groups attached to an aromatic ring is 1. The molecule has 0 atom stereocenters. The summed E-state index contributed by atoms with van der Waals surface area (Å²) in [6.07, 6.45) is -2.60. The Morgan fingerprint density at radius 1 is 1.53 bits per heavy atom. The third-order valence-electron chi connectivity index (χ3n) is 1.69. The molecule has 0 bridgehead atoms. The molecule has 0 spiro atoms. The highest BCUT2D eigenvalue weighted by Gasteiger charge is 2.14. The second-order valence-corrected chi connectivity index (χ2v) is 3.21. The Morgan fingerprint density at radius 3 is 2.73 bits per heavy atom. The number of hydrogen-bond donors (Lipinski definition) is 2. The van der Waals surface area contributed by atoms with E-state index in [4.69, 9.17) is 17.3 Å². The van der Waals surface area contributed by atoms with Gasteiger partial charge in [-0.25, -0.2) is 8.78 Å². The third-order valence-corrected chi connectivity index (χ3v) is 2.00. The minimum Gasteiger partial charge on any atom is -0.398 e. The smallest absolute Gasteiger partial charge is 0.255 e. The lowest BCUT2D eigenvalue weighted by Crippen LogP contribution is -2.29. The van der Waals surface area contributed by atoms with Gasteiger partial charge in [0.1, 0.15) is 0 Å². The summed E-state index contributed by atoms with van der Waals surface area (Å²) in [4.78, 5) is 11.4. The number of carbonyl (C=O) groups excluding carboxylic acids is 1. The van der Waals surface area contributed by atoms with E-state index in [-0.39, 0.29) is 16.3 Å². The van der Waals surface area contributed by atoms with Crippen molar-refractivity contribution in [3.63, 3.8) is 0 Å². The van der Waals surface area contributed by atoms with Gasteiger partial charge in [-0.3, -0.25) is 4.79 Å². The molecule has 0 saturated heterocycles. The average molecular weight is 235 g/mol. The minimum atomic E-state index is -2.60. The molecule has 0 saturated carbocycles. The van der Waals surface area contributed by atoms with Crippen LogP contribution in [0.2, 0.25) is 5.02 Å². The Kier molecular flexibility index (Phi) is 3.85. The molecule has 1 aromatic carbocycles. The van der Waals surface area contributed by atoms with Crippen LogP contribution < -0.4 is 11.1 Å². The molecule has 1 amide bonds. The SMILES string of the molecule is Nc1cccc(Cl)c1C(=O)NCC(F)F. The van der Waals surface area contributed by atoms with E-state index in [0.29, 0.717) is 0 Å². The number of amides is 1. The van der Waals surface area contributed by atoms with Crippen molar-refractivity contribution < 1.29 is 13.6 Å². The summed E-state index contributed by atoms with van der Waals surface area (Å²) in [6.45, 7) is -0.719. The van der Waals surface area contributed by atoms with Gasteiger partial charge in [0, 0.05) is 5.69 Å². The quantitative estimate of drug-likeness (QED) is 0.785. The number of alkyl halides is 2. The van der Waals surface area contributed by atoms with Crippen LogP contribution in [0.3, 0.4) is 0 Å². The molecule has 0 heterocycles. The lowest BCUT2D eigenvalue weighted by atomic mass is 10.1. The van der Waals surface area contributed by atoms with Crippen molar-refractivity contribution in [1.82, 2.24) is 5.32 Å². The minimum absolute atomic E-state index is 0.0276. The molecule has 6 heteroatoms. The summed E-state index contributed by atoms with van der Waals surface area (Å²) in [5.41, 5.74) is 5.68. The molecule has 0 aromatic heterocycles. The molecule has 0 unspecified atom stereocenters. The Labute approximate surface area is 90.2 Å². The highest BCUT2D eigenvalue weighted by molar-refractivity contribution is 6.34. The molecule has 0 fully saturated rings. The second kappa shape index (κ2) is 4.93. The molecule has 1 aromatic rings. The standard InChI is InChI=1S/C9H9ClF2N2O/c10-5-2-1-3-6(13)8(5)9(15)14-4-7(11)12/h1-3,7H,4,13H2,(H,14,15). The molecule has 3 nitrogen and oxygen atoms in total. The zero-order chi connectivity index (χ0) is 11.4. The number of nitrogens with one attached hydrogen (secondary N) is 1. The van der Waals surface area contributed by atoms with Crippen LogP contribution in [0.4, 0.5) is 14.5 Å². The number of halogens is 3. The topological polar surface area (TPSA) is 55.1 Å². The van der Waals surface area contributed by atoms with E-state index in [1.807, 2.05) is 5.32 Å². The van der Waals surface area contributed by atoms with Crippen molar-refractivity contribution in [2.75, 3.05) is 12.3 Å². The number of rotatable bonds is 3. The second-order valence-electron chi connectivity index (χ2n) is 2.81. The van der Waals surface area contributed by atoms with E-state index in [1.54, 1.807) is 6.07 Å². The molecule has 0 radical (unpaired) electrons. The van der Waals surface area contributed by atoms with Crippen molar-refractivity contribution in [2.45, 2.75) is 6.43 Å². The van der Waals surface area contributed by atoms with Crippen molar-refractivity contribution in [3.05, 3.63) is 28.8 Å². The Morgan fingerprint density at radius 2 is 2.20 bits per heavy atom. The van der Waals surface area contributed by atoms with Crippen LogP contribution >= 0.6 is 11.6 Å². The number of benzene rings is 1. The first-order valence-electron chi connectivity index (χ1n) is 4.12. The first-order valence-corrected chi connectivity index (χ1v) is 4.50. The van der Waals surface area contributed by atoms with Crippen LogP contribution in [0, 0.1) is 0 Å². The maximum Gasteiger partial charge on any atom is 0.255 e. The van der Waals surface area contributed by atoms with Crippen molar-refractivity contribution >= 4 is 23.2 Å². The average Bonchev–Trinajstić information content (AvgIpc) is 2.14. The highest BCUT2D eigenvalue weighted by Crippen LogP contribution is 2.21. The Hall–Kier alpha value is -1.36. The number of anilines is 1. The van der Waals surface area contributed by atoms with Gasteiger partial charge in [-0.1, -0.05) is 17.7 Å². The molecule has 0 aliphatic heterocycles. The molecule has 3 N–H and O–H groups in total. The zero-order valence-electron chi connectivity index (χ0n) is 7.64. The fourth-order valence-electron chi connectivity index (χ4n) is 1.04. The van der Waals surface area contributed by atoms with Gasteiger partial charge in [-0.05, 0) is 12.1 Å². The van der Waals surface area contributed by atoms with Crippen molar-refractivity contribution in [3.8, 4) is 0 Å². The summed E-state index contributed by atoms with van der Waals surface area (Å²) < 4.78 is 23.7. The molecular weight excluding hydrogens is 226 g/mol. The predicted octanol–water partition coefficient (Wildman–Crippen LogP) is 1.92. The van der Waals surface area contributed by atoms with Crippen LogP contribution in [0.25, 0.3) is 0 Å². The normalized spacial score (nSPS) is 10.4. The predicted molar refractivity (Wildman–Crippen MR) is 54.2 cm³/mol. The van der Waals surface area contributed by atoms with E-state index >= 15 is 0 Å². The van der Waals surface area contributed by atoms with Crippen LogP contribution in [-0.4, -0.2) is 18.9 Å². The van der Waals surface area contributed by atoms with Crippen LogP contribution in [0.5, 0.6) is 0 Å². The van der Waals surface area contributed by atoms with E-state index in [1.165, 1.54) is 12.1 Å². The van der Waals surface area contributed by atoms with Gasteiger partial charge in [-0.15, -0.1) is 0 Å². The fourth-order valence-corrected chi connectivity index (χ4v) is 1.31. The van der Waals surface area contributed by atoms with Gasteiger partial charge in [0.25, 0.3) is 12.3 Å². The molecule has 0 aliphatic carbocycles. The first-order chi connectivity index (χ1) is 7.02. The Bertz CT molecular complexity index is 351. The van der Waals surface area contributed by atoms with E-state index in [9.17, 15) is 13.6 Å². The first kappa shape index (κ1) is 11.7. The van der Waals surface area contributed by atoms with Crippen LogP contribution in [-0.2, 0) is 0 Å². The molecular formula is C9H9ClF2N2O. The number of hydrogen-bond acceptors (Lipinski definition) is 2. The summed E-state index contributed by atoms with van der Waals surface area (Å²) in [6, 6.07) is 4.51. The van der Waals surface area contributed by atoms with Crippen LogP contribution in [0.15, 0.2) is 18.2 Å². The van der Waals surface area contributed by atoms with Gasteiger partial charge in [-0.2, -0.15) is 0 Å². The summed E-state index contributed by atoms with van der Waals surface area (Å²) >= 11 is 5.71. The maximum atomic E-state index is 11.8. The van der Waals surface area contributed by atoms with Crippen LogP contribution in [0.1, 0.15) is 10.4 Å². The molecule has 15 heavy (non-hydrogen) atoms. The lowest BCUT2D eigenvalue weighted by Gasteiger charge is -2.08. The number of carbonyl (C=O) groups is 1. The maximum absolute atomic E-state index is 11.8. The fraction of sp³-hybridized carbons (Fsp3) is 0.222. The highest BCUT2D eigenvalue weighted by atomic mass is 35.5. The van der Waals surface area contributed by atoms with Gasteiger partial charge in [0.2, 0.25) is 0 Å². The van der Waals surface area contributed by atoms with Gasteiger partial charge >= 0.3 is 0 Å². The third kappa shape index (κ3) is 3.06. The summed E-state index contributed by atoms with van der Waals surface area (Å²) in [5, 5.41) is 2.17. The molecule has 1 rings (SSSR count). The summed E-state index contributed by atoms with van der Waals surface area (Å²) in [7, 11) is 0. The molecule has 0 aliphatic rings. The number of nitrogens with two attached hydrogens (primary N) is 1. The molecule has 82 valence electrons. The van der Waals surface area contributed by atoms with E-state index in [2.05, 4.69) is 0 Å². The van der Waals surface area contributed by atoms with E-state index in [0.717, 1.165) is 0 Å². The van der Waals surface area contributed by atoms with E-state index < -0.39 is 18.9 Å². The largest absolute Gasteiger partial charge is 0.398 e. The van der Waals surface area contributed by atoms with Crippen molar-refractivity contribution in [1.29, 1.82) is 0 Å². The Balaban J connectivity index is 2.82. The zero-order valence-corrected chi connectivity index (χ0v) is 8.39. The van der Waals surface area contributed by atoms with Gasteiger partial charge in [0.15, 0.2) is 0 Å². The lowest BCUT2D eigenvalue weighted by molar-refractivity contribution is 0.0892. The van der Waals surface area contributed by atoms with Gasteiger partial charge < -0.3 is 11.1 Å². The van der Waals surface area contributed by atoms with Gasteiger partial charge in [0.05, 0.1) is 17.1 Å². The monoisotopic (exact) mass is 234 g/mol. The van der Waals surface area contributed by atoms with Crippen molar-refractivity contribution in [2.24, 2.45) is 0 Å². The summed E-state index contributed by atoms with van der Waals surface area (Å²) in [5.74, 6) is -0.696.